The van der Waals surface area contributed by atoms with Gasteiger partial charge in [-0.25, -0.2) is 0 Å². The lowest BCUT2D eigenvalue weighted by molar-refractivity contribution is -0.127. The summed E-state index contributed by atoms with van der Waals surface area (Å²) in [5, 5.41) is 0. The van der Waals surface area contributed by atoms with E-state index in [1.54, 1.807) is 0 Å². The third-order valence-electron chi connectivity index (χ3n) is 2.61. The zero-order valence-corrected chi connectivity index (χ0v) is 8.83. The van der Waals surface area contributed by atoms with E-state index in [4.69, 9.17) is 5.73 Å². The number of nitrogens with one attached hydrogen (secondary N) is 1. The summed E-state index contributed by atoms with van der Waals surface area (Å²) < 4.78 is 0. The summed E-state index contributed by atoms with van der Waals surface area (Å²) in [5.74, 6) is 0.132. The number of nitrogens with zero attached hydrogens (tertiary/aromatic N) is 1. The van der Waals surface area contributed by atoms with Crippen molar-refractivity contribution in [2.45, 2.75) is 45.1 Å². The Labute approximate surface area is 85.6 Å². The van der Waals surface area contributed by atoms with E-state index in [9.17, 15) is 4.79 Å². The van der Waals surface area contributed by atoms with Crippen LogP contribution in [0.1, 0.15) is 39.0 Å². The number of hydrogen-bond donors (Lipinski definition) is 2. The maximum Gasteiger partial charge on any atom is 0.238 e. The topological polar surface area (TPSA) is 69.2 Å². The first-order valence-electron chi connectivity index (χ1n) is 5.46. The molecular weight excluding hydrogens is 178 g/mol. The Morgan fingerprint density at radius 3 is 3.00 bits per heavy atom. The van der Waals surface area contributed by atoms with Crippen molar-refractivity contribution in [3.63, 3.8) is 0 Å². The molecule has 0 bridgehead atoms. The maximum atomic E-state index is 11.6. The van der Waals surface area contributed by atoms with Gasteiger partial charge in [-0.3, -0.25) is 10.2 Å². The quantitative estimate of drug-likeness (QED) is 0.511. The van der Waals surface area contributed by atoms with Crippen LogP contribution in [0.25, 0.3) is 0 Å². The molecule has 0 aromatic rings. The fraction of sp³-hybridized carbons (Fsp3) is 0.900. The van der Waals surface area contributed by atoms with Crippen LogP contribution in [0.2, 0.25) is 0 Å². The first-order valence-corrected chi connectivity index (χ1v) is 5.46. The highest BCUT2D eigenvalue weighted by atomic mass is 16.2. The molecule has 14 heavy (non-hydrogen) atoms. The molecule has 1 amide bonds. The zero-order valence-electron chi connectivity index (χ0n) is 8.83. The molecule has 0 spiro atoms. The van der Waals surface area contributed by atoms with Crippen LogP contribution in [0.4, 0.5) is 0 Å². The molecule has 0 aliphatic heterocycles. The molecule has 0 saturated heterocycles. The fourth-order valence-electron chi connectivity index (χ4n) is 1.80. The minimum atomic E-state index is 0.0496. The van der Waals surface area contributed by atoms with Crippen LogP contribution in [-0.2, 0) is 4.79 Å². The summed E-state index contributed by atoms with van der Waals surface area (Å²) in [6, 6.07) is 0.200. The minimum Gasteiger partial charge on any atom is -0.328 e. The van der Waals surface area contributed by atoms with Crippen LogP contribution in [0.15, 0.2) is 0 Å². The maximum absolute atomic E-state index is 11.6. The Morgan fingerprint density at radius 1 is 1.57 bits per heavy atom. The number of nitrogens with two attached hydrogens (primary N) is 1. The second kappa shape index (κ2) is 5.98. The smallest absolute Gasteiger partial charge is 0.238 e. The van der Waals surface area contributed by atoms with Crippen LogP contribution in [0.3, 0.4) is 0 Å². The number of rotatable bonds is 4. The van der Waals surface area contributed by atoms with Crippen LogP contribution in [0.5, 0.6) is 0 Å². The lowest BCUT2D eigenvalue weighted by Crippen LogP contribution is -2.41. The molecule has 2 unspecified atom stereocenters. The van der Waals surface area contributed by atoms with Gasteiger partial charge in [-0.05, 0) is 25.7 Å². The van der Waals surface area contributed by atoms with Gasteiger partial charge in [-0.15, -0.1) is 5.43 Å². The van der Waals surface area contributed by atoms with Gasteiger partial charge < -0.3 is 5.73 Å². The summed E-state index contributed by atoms with van der Waals surface area (Å²) in [5.41, 5.74) is 12.4. The predicted molar refractivity (Wildman–Crippen MR) is 55.4 cm³/mol. The predicted octanol–water partition coefficient (Wildman–Crippen LogP) is 0.549. The van der Waals surface area contributed by atoms with Gasteiger partial charge in [0, 0.05) is 18.5 Å². The molecule has 0 aromatic carbocycles. The molecule has 1 aliphatic carbocycles. The zero-order chi connectivity index (χ0) is 10.4. The van der Waals surface area contributed by atoms with Crippen LogP contribution < -0.4 is 16.6 Å². The van der Waals surface area contributed by atoms with Gasteiger partial charge in [-0.2, -0.15) is 0 Å². The molecule has 1 aliphatic rings. The molecule has 1 radical (unpaired) electrons. The molecule has 2 atom stereocenters. The normalized spacial score (nSPS) is 27.3. The molecule has 1 fully saturated rings. The third kappa shape index (κ3) is 3.64. The van der Waals surface area contributed by atoms with Gasteiger partial charge in [0.05, 0.1) is 0 Å². The summed E-state index contributed by atoms with van der Waals surface area (Å²) in [6.45, 7) is 2.73. The minimum absolute atomic E-state index is 0.0496. The molecule has 0 aromatic heterocycles. The van der Waals surface area contributed by atoms with Crippen molar-refractivity contribution in [1.29, 1.82) is 0 Å². The van der Waals surface area contributed by atoms with Crippen molar-refractivity contribution in [1.82, 2.24) is 10.9 Å². The Hall–Kier alpha value is -0.610. The van der Waals surface area contributed by atoms with E-state index >= 15 is 0 Å². The van der Waals surface area contributed by atoms with E-state index in [1.165, 1.54) is 0 Å². The number of carbonyl (C=O) groups is 1. The number of carbonyl (C=O) groups excluding carboxylic acids is 1. The number of amides is 1. The van der Waals surface area contributed by atoms with E-state index in [-0.39, 0.29) is 17.9 Å². The largest absolute Gasteiger partial charge is 0.328 e. The second-order valence-corrected chi connectivity index (χ2v) is 3.98. The Bertz CT molecular complexity index is 184. The average Bonchev–Trinajstić information content (AvgIpc) is 2.18. The van der Waals surface area contributed by atoms with Gasteiger partial charge in [0.1, 0.15) is 0 Å². The molecule has 4 nitrogen and oxygen atoms in total. The van der Waals surface area contributed by atoms with Crippen molar-refractivity contribution in [3.05, 3.63) is 0 Å². The lowest BCUT2D eigenvalue weighted by Gasteiger charge is -2.25. The van der Waals surface area contributed by atoms with Crippen molar-refractivity contribution in [2.75, 3.05) is 6.54 Å². The van der Waals surface area contributed by atoms with Gasteiger partial charge >= 0.3 is 0 Å². The highest BCUT2D eigenvalue weighted by molar-refractivity contribution is 5.78. The number of hydrogen-bond acceptors (Lipinski definition) is 2. The summed E-state index contributed by atoms with van der Waals surface area (Å²) in [7, 11) is 0. The van der Waals surface area contributed by atoms with Crippen molar-refractivity contribution in [3.8, 4) is 0 Å². The molecular formula is C10H20N3O. The monoisotopic (exact) mass is 198 g/mol. The first kappa shape index (κ1) is 11.5. The van der Waals surface area contributed by atoms with E-state index in [0.717, 1.165) is 32.1 Å². The summed E-state index contributed by atoms with van der Waals surface area (Å²) in [6.07, 6.45) is 4.85. The molecule has 81 valence electrons. The summed E-state index contributed by atoms with van der Waals surface area (Å²) >= 11 is 0. The van der Waals surface area contributed by atoms with Crippen molar-refractivity contribution >= 4 is 5.91 Å². The Morgan fingerprint density at radius 2 is 2.36 bits per heavy atom. The van der Waals surface area contributed by atoms with E-state index in [0.29, 0.717) is 6.54 Å². The van der Waals surface area contributed by atoms with Crippen molar-refractivity contribution < 1.29 is 4.79 Å². The average molecular weight is 198 g/mol. The van der Waals surface area contributed by atoms with Gasteiger partial charge in [0.2, 0.25) is 5.91 Å². The van der Waals surface area contributed by atoms with Crippen LogP contribution in [0, 0.1) is 5.92 Å². The molecule has 4 heteroatoms. The second-order valence-electron chi connectivity index (χ2n) is 3.98. The standard InChI is InChI=1S/C10H20N3O/c1-2-6-12-13-10(14)8-4-3-5-9(11)7-8/h8-9H,2-7,11H2,1H3,(H,13,14). The highest BCUT2D eigenvalue weighted by Crippen LogP contribution is 2.22. The van der Waals surface area contributed by atoms with E-state index in [1.807, 2.05) is 6.92 Å². The highest BCUT2D eigenvalue weighted by Gasteiger charge is 2.25. The van der Waals surface area contributed by atoms with Crippen LogP contribution >= 0.6 is 0 Å². The van der Waals surface area contributed by atoms with Crippen LogP contribution in [-0.4, -0.2) is 18.5 Å². The Balaban J connectivity index is 2.22. The first-order chi connectivity index (χ1) is 6.74. The Kier molecular flexibility index (Phi) is 4.90. The van der Waals surface area contributed by atoms with Gasteiger partial charge in [0.15, 0.2) is 0 Å². The van der Waals surface area contributed by atoms with E-state index in [2.05, 4.69) is 10.9 Å². The molecule has 3 N–H and O–H groups in total. The molecule has 1 rings (SSSR count). The lowest BCUT2D eigenvalue weighted by atomic mass is 9.86. The summed E-state index contributed by atoms with van der Waals surface area (Å²) in [4.78, 5) is 11.6. The SMILES string of the molecule is CCC[N]NC(=O)C1CCCC(N)C1. The van der Waals surface area contributed by atoms with Crippen molar-refractivity contribution in [2.24, 2.45) is 11.7 Å². The molecule has 0 heterocycles. The van der Waals surface area contributed by atoms with Gasteiger partial charge in [0.25, 0.3) is 0 Å². The fourth-order valence-corrected chi connectivity index (χ4v) is 1.80. The van der Waals surface area contributed by atoms with Gasteiger partial charge in [-0.1, -0.05) is 13.3 Å². The van der Waals surface area contributed by atoms with E-state index < -0.39 is 0 Å². The third-order valence-corrected chi connectivity index (χ3v) is 2.61. The molecule has 1 saturated carbocycles.